The topological polar surface area (TPSA) is 56.3 Å². The normalized spacial score (nSPS) is 21.6. The van der Waals surface area contributed by atoms with Crippen LogP contribution < -0.4 is 5.73 Å². The maximum atomic E-state index is 6.57. The number of aromatic nitrogens is 2. The highest BCUT2D eigenvalue weighted by atomic mass is 16.5. The first-order chi connectivity index (χ1) is 9.61. The third-order valence-electron chi connectivity index (χ3n) is 4.79. The molecule has 0 aliphatic carbocycles. The zero-order valence-electron chi connectivity index (χ0n) is 13.0. The van der Waals surface area contributed by atoms with Gasteiger partial charge in [0.1, 0.15) is 5.82 Å². The molecule has 2 heterocycles. The summed E-state index contributed by atoms with van der Waals surface area (Å²) in [7, 11) is 0. The second-order valence-corrected chi connectivity index (χ2v) is 5.75. The van der Waals surface area contributed by atoms with Crippen molar-refractivity contribution in [2.24, 2.45) is 5.73 Å². The lowest BCUT2D eigenvalue weighted by molar-refractivity contribution is -0.0275. The van der Waals surface area contributed by atoms with Gasteiger partial charge in [0.2, 0.25) is 0 Å². The van der Waals surface area contributed by atoms with Crippen LogP contribution in [0.15, 0.2) is 12.4 Å². The minimum Gasteiger partial charge on any atom is -0.379 e. The van der Waals surface area contributed by atoms with E-state index in [1.807, 2.05) is 12.4 Å². The fraction of sp³-hybridized carbons (Fsp3) is 0.800. The monoisotopic (exact) mass is 280 g/mol. The van der Waals surface area contributed by atoms with Crippen LogP contribution in [0.3, 0.4) is 0 Å². The molecule has 5 nitrogen and oxygen atoms in total. The second kappa shape index (κ2) is 6.70. The Bertz CT molecular complexity index is 414. The molecule has 0 spiro atoms. The fourth-order valence-corrected chi connectivity index (χ4v) is 3.03. The summed E-state index contributed by atoms with van der Waals surface area (Å²) in [5, 5.41) is 0. The Morgan fingerprint density at radius 2 is 2.10 bits per heavy atom. The van der Waals surface area contributed by atoms with Crippen LogP contribution in [0.4, 0.5) is 0 Å². The molecule has 0 bridgehead atoms. The summed E-state index contributed by atoms with van der Waals surface area (Å²) in [4.78, 5) is 6.95. The largest absolute Gasteiger partial charge is 0.379 e. The van der Waals surface area contributed by atoms with Crippen molar-refractivity contribution in [2.75, 3.05) is 26.3 Å². The van der Waals surface area contributed by atoms with Gasteiger partial charge in [-0.05, 0) is 20.3 Å². The highest BCUT2D eigenvalue weighted by Gasteiger charge is 2.37. The molecule has 1 aliphatic rings. The first kappa shape index (κ1) is 15.5. The van der Waals surface area contributed by atoms with Crippen LogP contribution in [0.5, 0.6) is 0 Å². The van der Waals surface area contributed by atoms with Crippen LogP contribution in [0.1, 0.15) is 33.0 Å². The second-order valence-electron chi connectivity index (χ2n) is 5.75. The van der Waals surface area contributed by atoms with Crippen molar-refractivity contribution in [3.8, 4) is 0 Å². The van der Waals surface area contributed by atoms with E-state index in [0.29, 0.717) is 0 Å². The summed E-state index contributed by atoms with van der Waals surface area (Å²) in [5.74, 6) is 1.09. The van der Waals surface area contributed by atoms with Crippen molar-refractivity contribution in [1.29, 1.82) is 0 Å². The number of morpholine rings is 1. The highest BCUT2D eigenvalue weighted by Crippen LogP contribution is 2.25. The fourth-order valence-electron chi connectivity index (χ4n) is 3.03. The van der Waals surface area contributed by atoms with Gasteiger partial charge in [0, 0.05) is 50.0 Å². The maximum absolute atomic E-state index is 6.57. The lowest BCUT2D eigenvalue weighted by Gasteiger charge is -2.46. The molecule has 5 heteroatoms. The zero-order chi connectivity index (χ0) is 14.6. The first-order valence-corrected chi connectivity index (χ1v) is 7.70. The van der Waals surface area contributed by atoms with E-state index < -0.39 is 0 Å². The van der Waals surface area contributed by atoms with Crippen molar-refractivity contribution in [3.63, 3.8) is 0 Å². The van der Waals surface area contributed by atoms with Crippen LogP contribution in [0, 0.1) is 0 Å². The molecule has 2 rings (SSSR count). The predicted octanol–water partition coefficient (Wildman–Crippen LogP) is 1.27. The molecular weight excluding hydrogens is 252 g/mol. The summed E-state index contributed by atoms with van der Waals surface area (Å²) >= 11 is 0. The molecule has 1 aromatic heterocycles. The van der Waals surface area contributed by atoms with Gasteiger partial charge in [-0.3, -0.25) is 4.90 Å². The molecule has 1 fully saturated rings. The molecule has 1 aromatic rings. The van der Waals surface area contributed by atoms with Crippen molar-refractivity contribution in [2.45, 2.75) is 51.7 Å². The quantitative estimate of drug-likeness (QED) is 0.852. The number of ether oxygens (including phenoxy) is 1. The lowest BCUT2D eigenvalue weighted by Crippen LogP contribution is -2.61. The summed E-state index contributed by atoms with van der Waals surface area (Å²) in [6, 6.07) is 0.0818. The maximum Gasteiger partial charge on any atom is 0.110 e. The summed E-state index contributed by atoms with van der Waals surface area (Å²) in [5.41, 5.74) is 6.58. The van der Waals surface area contributed by atoms with Gasteiger partial charge in [-0.2, -0.15) is 0 Å². The van der Waals surface area contributed by atoms with Crippen molar-refractivity contribution >= 4 is 0 Å². The van der Waals surface area contributed by atoms with E-state index in [1.165, 1.54) is 0 Å². The van der Waals surface area contributed by atoms with Gasteiger partial charge >= 0.3 is 0 Å². The van der Waals surface area contributed by atoms with Gasteiger partial charge in [0.05, 0.1) is 13.2 Å². The third kappa shape index (κ3) is 3.05. The molecule has 0 saturated carbocycles. The van der Waals surface area contributed by atoms with Crippen molar-refractivity contribution < 1.29 is 4.74 Å². The van der Waals surface area contributed by atoms with E-state index in [2.05, 4.69) is 35.2 Å². The van der Waals surface area contributed by atoms with Crippen LogP contribution >= 0.6 is 0 Å². The van der Waals surface area contributed by atoms with E-state index in [1.54, 1.807) is 0 Å². The molecule has 20 heavy (non-hydrogen) atoms. The summed E-state index contributed by atoms with van der Waals surface area (Å²) in [6.45, 7) is 11.2. The zero-order valence-corrected chi connectivity index (χ0v) is 13.0. The molecule has 2 unspecified atom stereocenters. The molecule has 0 aromatic carbocycles. The van der Waals surface area contributed by atoms with Gasteiger partial charge < -0.3 is 15.0 Å². The van der Waals surface area contributed by atoms with E-state index in [9.17, 15) is 0 Å². The molecule has 2 atom stereocenters. The average molecular weight is 280 g/mol. The number of hydrogen-bond donors (Lipinski definition) is 1. The Morgan fingerprint density at radius 1 is 1.40 bits per heavy atom. The molecule has 1 aliphatic heterocycles. The Labute approximate surface area is 122 Å². The Hall–Kier alpha value is -0.910. The van der Waals surface area contributed by atoms with Gasteiger partial charge in [-0.25, -0.2) is 4.98 Å². The van der Waals surface area contributed by atoms with E-state index >= 15 is 0 Å². The number of nitrogens with zero attached hydrogens (tertiary/aromatic N) is 3. The van der Waals surface area contributed by atoms with Crippen molar-refractivity contribution in [1.82, 2.24) is 14.5 Å². The number of imidazole rings is 1. The lowest BCUT2D eigenvalue weighted by atomic mass is 9.85. The van der Waals surface area contributed by atoms with E-state index in [4.69, 9.17) is 10.5 Å². The van der Waals surface area contributed by atoms with Crippen LogP contribution in [0.25, 0.3) is 0 Å². The van der Waals surface area contributed by atoms with E-state index in [-0.39, 0.29) is 11.6 Å². The minimum atomic E-state index is 0.00824. The minimum absolute atomic E-state index is 0.00824. The van der Waals surface area contributed by atoms with Gasteiger partial charge in [-0.15, -0.1) is 0 Å². The Balaban J connectivity index is 2.09. The number of rotatable bonds is 6. The van der Waals surface area contributed by atoms with Gasteiger partial charge in [-0.1, -0.05) is 6.92 Å². The summed E-state index contributed by atoms with van der Waals surface area (Å²) < 4.78 is 7.64. The van der Waals surface area contributed by atoms with Gasteiger partial charge in [0.25, 0.3) is 0 Å². The van der Waals surface area contributed by atoms with Gasteiger partial charge in [0.15, 0.2) is 0 Å². The molecule has 1 saturated heterocycles. The smallest absolute Gasteiger partial charge is 0.110 e. The third-order valence-corrected chi connectivity index (χ3v) is 4.79. The van der Waals surface area contributed by atoms with Crippen LogP contribution in [-0.4, -0.2) is 52.3 Å². The van der Waals surface area contributed by atoms with Crippen LogP contribution in [0.2, 0.25) is 0 Å². The molecule has 2 N–H and O–H groups in total. The number of hydrogen-bond acceptors (Lipinski definition) is 4. The Kier molecular flexibility index (Phi) is 5.18. The number of nitrogens with two attached hydrogens (primary N) is 1. The molecular formula is C15H28N4O. The molecule has 0 amide bonds. The van der Waals surface area contributed by atoms with Crippen molar-refractivity contribution in [3.05, 3.63) is 18.2 Å². The predicted molar refractivity (Wildman–Crippen MR) is 80.7 cm³/mol. The van der Waals surface area contributed by atoms with E-state index in [0.717, 1.165) is 51.5 Å². The van der Waals surface area contributed by atoms with Crippen LogP contribution in [-0.2, 0) is 17.7 Å². The SMILES string of the molecule is CCn1ccnc1CC(N)C(C)(CC)N1CCOCC1. The standard InChI is InChI=1S/C15H28N4O/c1-4-15(3,19-8-10-20-11-9-19)13(16)12-14-17-6-7-18(14)5-2/h6-7,13H,4-5,8-12,16H2,1-3H3. The summed E-state index contributed by atoms with van der Waals surface area (Å²) in [6.07, 6.45) is 5.76. The highest BCUT2D eigenvalue weighted by molar-refractivity contribution is 5.03. The first-order valence-electron chi connectivity index (χ1n) is 7.70. The number of aryl methyl sites for hydroxylation is 1. The molecule has 0 radical (unpaired) electrons. The average Bonchev–Trinajstić information content (AvgIpc) is 2.94. The Morgan fingerprint density at radius 3 is 2.70 bits per heavy atom. The molecule has 114 valence electrons.